The maximum atomic E-state index is 12.4. The van der Waals surface area contributed by atoms with Gasteiger partial charge in [0.25, 0.3) is 0 Å². The quantitative estimate of drug-likeness (QED) is 0.416. The van der Waals surface area contributed by atoms with Crippen LogP contribution in [0.25, 0.3) is 22.0 Å². The molecule has 0 atom stereocenters. The number of amides is 1. The van der Waals surface area contributed by atoms with Crippen molar-refractivity contribution < 1.29 is 13.2 Å². The van der Waals surface area contributed by atoms with Crippen molar-refractivity contribution in [1.29, 1.82) is 0 Å². The third-order valence-corrected chi connectivity index (χ3v) is 9.33. The molecule has 0 saturated carbocycles. The molecule has 4 rings (SSSR count). The number of nitrogens with one attached hydrogen (secondary N) is 2. The Hall–Kier alpha value is -2.64. The molecule has 6 nitrogen and oxygen atoms in total. The molecule has 0 unspecified atom stereocenters. The van der Waals surface area contributed by atoms with Crippen LogP contribution in [-0.4, -0.2) is 42.5 Å². The van der Waals surface area contributed by atoms with E-state index in [0.29, 0.717) is 25.6 Å². The summed E-state index contributed by atoms with van der Waals surface area (Å²) < 4.78 is 26.1. The fraction of sp³-hybridized carbons (Fsp3) is 0.464. The van der Waals surface area contributed by atoms with E-state index in [-0.39, 0.29) is 17.6 Å². The van der Waals surface area contributed by atoms with Crippen molar-refractivity contribution in [1.82, 2.24) is 14.6 Å². The third-order valence-electron chi connectivity index (χ3n) is 7.45. The van der Waals surface area contributed by atoms with Gasteiger partial charge in [0, 0.05) is 42.7 Å². The highest BCUT2D eigenvalue weighted by Gasteiger charge is 2.28. The monoisotopic (exact) mass is 495 g/mol. The minimum absolute atomic E-state index is 0.0709. The summed E-state index contributed by atoms with van der Waals surface area (Å²) in [7, 11) is -3.12. The van der Waals surface area contributed by atoms with Crippen LogP contribution in [0.15, 0.2) is 48.7 Å². The van der Waals surface area contributed by atoms with Crippen molar-refractivity contribution in [3.8, 4) is 11.1 Å². The topological polar surface area (TPSA) is 82.3 Å². The van der Waals surface area contributed by atoms with Gasteiger partial charge in [-0.2, -0.15) is 0 Å². The standard InChI is InChI=1S/C28H37N3O3S/c1-4-21(5-2)28(32)30-18-20-8-7-9-23(16-20)24-10-11-27-25(17-24)26(19-29-27)22-12-14-31(15-13-22)35(33,34)6-3/h7-11,16-17,19,21-22,29H,4-6,12-15,18H2,1-3H3,(H,30,32). The normalized spacial score (nSPS) is 15.7. The first kappa shape index (κ1) is 25.5. The summed E-state index contributed by atoms with van der Waals surface area (Å²) >= 11 is 0. The van der Waals surface area contributed by atoms with Gasteiger partial charge in [0.2, 0.25) is 15.9 Å². The van der Waals surface area contributed by atoms with E-state index in [9.17, 15) is 13.2 Å². The van der Waals surface area contributed by atoms with Gasteiger partial charge in [0.05, 0.1) is 5.75 Å². The highest BCUT2D eigenvalue weighted by Crippen LogP contribution is 2.36. The van der Waals surface area contributed by atoms with Crippen LogP contribution in [0.3, 0.4) is 0 Å². The van der Waals surface area contributed by atoms with Crippen molar-refractivity contribution in [2.24, 2.45) is 5.92 Å². The molecule has 0 radical (unpaired) electrons. The molecule has 2 aromatic carbocycles. The lowest BCUT2D eigenvalue weighted by atomic mass is 9.89. The maximum absolute atomic E-state index is 12.4. The van der Waals surface area contributed by atoms with E-state index >= 15 is 0 Å². The summed E-state index contributed by atoms with van der Waals surface area (Å²) in [6, 6.07) is 14.8. The molecule has 188 valence electrons. The van der Waals surface area contributed by atoms with Gasteiger partial charge < -0.3 is 10.3 Å². The molecule has 3 aromatic rings. The van der Waals surface area contributed by atoms with Gasteiger partial charge in [0.1, 0.15) is 0 Å². The van der Waals surface area contributed by atoms with E-state index in [2.05, 4.69) is 66.7 Å². The molecule has 35 heavy (non-hydrogen) atoms. The van der Waals surface area contributed by atoms with Gasteiger partial charge in [0.15, 0.2) is 0 Å². The number of aromatic amines is 1. The molecule has 0 bridgehead atoms. The minimum Gasteiger partial charge on any atom is -0.361 e. The Labute approximate surface area is 209 Å². The summed E-state index contributed by atoms with van der Waals surface area (Å²) in [5.41, 5.74) is 5.71. The molecule has 1 fully saturated rings. The number of H-pyrrole nitrogens is 1. The average molecular weight is 496 g/mol. The van der Waals surface area contributed by atoms with E-state index in [1.807, 2.05) is 6.07 Å². The number of aromatic nitrogens is 1. The Balaban J connectivity index is 1.51. The first-order valence-corrected chi connectivity index (χ1v) is 14.4. The fourth-order valence-corrected chi connectivity index (χ4v) is 6.27. The van der Waals surface area contributed by atoms with Crippen LogP contribution in [0.1, 0.15) is 63.5 Å². The van der Waals surface area contributed by atoms with Crippen LogP contribution >= 0.6 is 0 Å². The zero-order chi connectivity index (χ0) is 25.0. The molecular formula is C28H37N3O3S. The molecule has 7 heteroatoms. The SMILES string of the molecule is CCC(CC)C(=O)NCc1cccc(-c2ccc3[nH]cc(C4CCN(S(=O)(=O)CC)CC4)c3c2)c1. The van der Waals surface area contributed by atoms with Crippen molar-refractivity contribution in [3.63, 3.8) is 0 Å². The Morgan fingerprint density at radius 1 is 1.06 bits per heavy atom. The first-order valence-electron chi connectivity index (χ1n) is 12.8. The largest absolute Gasteiger partial charge is 0.361 e. The fourth-order valence-electron chi connectivity index (χ4n) is 5.14. The lowest BCUT2D eigenvalue weighted by Crippen LogP contribution is -2.38. The number of nitrogens with zero attached hydrogens (tertiary/aromatic N) is 1. The van der Waals surface area contributed by atoms with Crippen molar-refractivity contribution in [3.05, 3.63) is 59.8 Å². The predicted molar refractivity (Wildman–Crippen MR) is 143 cm³/mol. The molecule has 1 aliphatic rings. The minimum atomic E-state index is -3.12. The highest BCUT2D eigenvalue weighted by molar-refractivity contribution is 7.89. The van der Waals surface area contributed by atoms with Crippen LogP contribution in [-0.2, 0) is 21.4 Å². The van der Waals surface area contributed by atoms with Gasteiger partial charge >= 0.3 is 0 Å². The van der Waals surface area contributed by atoms with Gasteiger partial charge in [-0.1, -0.05) is 38.1 Å². The second kappa shape index (κ2) is 11.0. The lowest BCUT2D eigenvalue weighted by Gasteiger charge is -2.30. The van der Waals surface area contributed by atoms with Crippen LogP contribution in [0, 0.1) is 5.92 Å². The second-order valence-electron chi connectivity index (χ2n) is 9.51. The number of hydrogen-bond donors (Lipinski definition) is 2. The van der Waals surface area contributed by atoms with Gasteiger partial charge in [-0.05, 0) is 79.0 Å². The number of benzene rings is 2. The number of carbonyl (C=O) groups is 1. The second-order valence-corrected chi connectivity index (χ2v) is 11.8. The van der Waals surface area contributed by atoms with E-state index in [1.54, 1.807) is 11.2 Å². The Bertz CT molecular complexity index is 1270. The van der Waals surface area contributed by atoms with E-state index < -0.39 is 10.0 Å². The predicted octanol–water partition coefficient (Wildman–Crippen LogP) is 5.42. The highest BCUT2D eigenvalue weighted by atomic mass is 32.2. The summed E-state index contributed by atoms with van der Waals surface area (Å²) in [6.07, 6.45) is 5.47. The molecule has 1 aliphatic heterocycles. The summed E-state index contributed by atoms with van der Waals surface area (Å²) in [5.74, 6) is 0.696. The molecular weight excluding hydrogens is 458 g/mol. The van der Waals surface area contributed by atoms with Crippen LogP contribution < -0.4 is 5.32 Å². The van der Waals surface area contributed by atoms with Crippen LogP contribution in [0.4, 0.5) is 0 Å². The number of hydrogen-bond acceptors (Lipinski definition) is 3. The number of piperidine rings is 1. The van der Waals surface area contributed by atoms with Crippen LogP contribution in [0.2, 0.25) is 0 Å². The zero-order valence-corrected chi connectivity index (χ0v) is 21.8. The van der Waals surface area contributed by atoms with E-state index in [4.69, 9.17) is 0 Å². The lowest BCUT2D eigenvalue weighted by molar-refractivity contribution is -0.125. The molecule has 1 saturated heterocycles. The molecule has 1 aromatic heterocycles. The summed E-state index contributed by atoms with van der Waals surface area (Å²) in [5, 5.41) is 4.29. The molecule has 2 heterocycles. The van der Waals surface area contributed by atoms with Crippen LogP contribution in [0.5, 0.6) is 0 Å². The third kappa shape index (κ3) is 5.62. The number of fused-ring (bicyclic) bond motifs is 1. The van der Waals surface area contributed by atoms with Crippen molar-refractivity contribution in [2.45, 2.75) is 58.9 Å². The summed E-state index contributed by atoms with van der Waals surface area (Å²) in [4.78, 5) is 15.8. The summed E-state index contributed by atoms with van der Waals surface area (Å²) in [6.45, 7) is 7.50. The van der Waals surface area contributed by atoms with Gasteiger partial charge in [-0.25, -0.2) is 12.7 Å². The van der Waals surface area contributed by atoms with Gasteiger partial charge in [-0.3, -0.25) is 4.79 Å². The number of sulfonamides is 1. The maximum Gasteiger partial charge on any atom is 0.223 e. The first-order chi connectivity index (χ1) is 16.9. The Morgan fingerprint density at radius 3 is 2.46 bits per heavy atom. The smallest absolute Gasteiger partial charge is 0.223 e. The molecule has 1 amide bonds. The van der Waals surface area contributed by atoms with Crippen molar-refractivity contribution in [2.75, 3.05) is 18.8 Å². The average Bonchev–Trinajstić information content (AvgIpc) is 3.32. The zero-order valence-electron chi connectivity index (χ0n) is 21.0. The Kier molecular flexibility index (Phi) is 7.97. The van der Waals surface area contributed by atoms with E-state index in [0.717, 1.165) is 47.9 Å². The van der Waals surface area contributed by atoms with Crippen molar-refractivity contribution >= 4 is 26.8 Å². The van der Waals surface area contributed by atoms with Gasteiger partial charge in [-0.15, -0.1) is 0 Å². The molecule has 2 N–H and O–H groups in total. The number of rotatable bonds is 9. The van der Waals surface area contributed by atoms with E-state index in [1.165, 1.54) is 10.9 Å². The molecule has 0 spiro atoms. The Morgan fingerprint density at radius 2 is 1.77 bits per heavy atom. The molecule has 0 aliphatic carbocycles. The number of carbonyl (C=O) groups excluding carboxylic acids is 1.